The minimum Gasteiger partial charge on any atom is -0.398 e. The van der Waals surface area contributed by atoms with Crippen LogP contribution in [-0.2, 0) is 0 Å². The molecule has 0 radical (unpaired) electrons. The zero-order chi connectivity index (χ0) is 20.0. The van der Waals surface area contributed by atoms with Gasteiger partial charge in [-0.2, -0.15) is 0 Å². The van der Waals surface area contributed by atoms with Crippen molar-refractivity contribution in [1.82, 2.24) is 0 Å². The predicted molar refractivity (Wildman–Crippen MR) is 109 cm³/mol. The Labute approximate surface area is 170 Å². The molecule has 0 unspecified atom stereocenters. The van der Waals surface area contributed by atoms with Crippen LogP contribution in [0.4, 0.5) is 11.4 Å². The molecule has 4 rings (SSSR count). The molecule has 3 N–H and O–H groups in total. The summed E-state index contributed by atoms with van der Waals surface area (Å²) in [5.41, 5.74) is 7.08. The number of hydrogen-bond acceptors (Lipinski definition) is 4. The van der Waals surface area contributed by atoms with E-state index in [9.17, 15) is 14.4 Å². The van der Waals surface area contributed by atoms with Crippen molar-refractivity contribution >= 4 is 52.1 Å². The highest BCUT2D eigenvalue weighted by Crippen LogP contribution is 2.38. The van der Waals surface area contributed by atoms with Crippen LogP contribution in [0.2, 0.25) is 10.0 Å². The van der Waals surface area contributed by atoms with Crippen LogP contribution in [-0.4, -0.2) is 17.5 Å². The summed E-state index contributed by atoms with van der Waals surface area (Å²) in [7, 11) is 0. The largest absolute Gasteiger partial charge is 0.398 e. The van der Waals surface area contributed by atoms with Gasteiger partial charge in [0.2, 0.25) is 0 Å². The van der Waals surface area contributed by atoms with Crippen LogP contribution in [0.1, 0.15) is 42.2 Å². The van der Waals surface area contributed by atoms with Crippen LogP contribution in [0.25, 0.3) is 0 Å². The summed E-state index contributed by atoms with van der Waals surface area (Å²) in [6.45, 7) is 0. The van der Waals surface area contributed by atoms with Crippen LogP contribution in [0, 0.1) is 0 Å². The Morgan fingerprint density at radius 1 is 0.821 bits per heavy atom. The summed E-state index contributed by atoms with van der Waals surface area (Å²) in [5.74, 6) is -1.32. The lowest BCUT2D eigenvalue weighted by Crippen LogP contribution is -2.25. The highest BCUT2D eigenvalue weighted by molar-refractivity contribution is 6.43. The van der Waals surface area contributed by atoms with Gasteiger partial charge in [-0.05, 0) is 36.4 Å². The number of carbonyl (C=O) groups is 3. The molecule has 0 heterocycles. The summed E-state index contributed by atoms with van der Waals surface area (Å²) in [4.78, 5) is 38.7. The van der Waals surface area contributed by atoms with E-state index >= 15 is 0 Å². The molecule has 7 heteroatoms. The first-order chi connectivity index (χ1) is 13.4. The van der Waals surface area contributed by atoms with E-state index < -0.39 is 17.5 Å². The van der Waals surface area contributed by atoms with Crippen LogP contribution in [0.15, 0.2) is 54.6 Å². The molecule has 1 aliphatic carbocycles. The van der Waals surface area contributed by atoms with E-state index in [0.29, 0.717) is 5.56 Å². The second-order valence-electron chi connectivity index (χ2n) is 6.24. The lowest BCUT2D eigenvalue weighted by Gasteiger charge is -2.22. The molecular weight excluding hydrogens is 399 g/mol. The quantitative estimate of drug-likeness (QED) is 0.472. The molecule has 0 aromatic heterocycles. The lowest BCUT2D eigenvalue weighted by molar-refractivity contribution is 0.0979. The number of anilines is 2. The second kappa shape index (κ2) is 6.78. The fourth-order valence-corrected chi connectivity index (χ4v) is 3.51. The van der Waals surface area contributed by atoms with Gasteiger partial charge in [0.05, 0.1) is 26.9 Å². The van der Waals surface area contributed by atoms with Crippen LogP contribution in [0.3, 0.4) is 0 Å². The van der Waals surface area contributed by atoms with Crippen molar-refractivity contribution in [2.45, 2.75) is 0 Å². The second-order valence-corrected chi connectivity index (χ2v) is 7.06. The minimum atomic E-state index is -0.459. The molecule has 0 fully saturated rings. The van der Waals surface area contributed by atoms with E-state index in [4.69, 9.17) is 28.9 Å². The Morgan fingerprint density at radius 2 is 1.39 bits per heavy atom. The third-order valence-corrected chi connectivity index (χ3v) is 5.25. The Morgan fingerprint density at radius 3 is 2.00 bits per heavy atom. The van der Waals surface area contributed by atoms with Crippen LogP contribution >= 0.6 is 23.2 Å². The van der Waals surface area contributed by atoms with Gasteiger partial charge in [0.25, 0.3) is 5.91 Å². The van der Waals surface area contributed by atoms with Crippen LogP contribution < -0.4 is 11.1 Å². The number of amides is 1. The summed E-state index contributed by atoms with van der Waals surface area (Å²) < 4.78 is 0. The molecule has 138 valence electrons. The van der Waals surface area contributed by atoms with Gasteiger partial charge in [-0.1, -0.05) is 41.4 Å². The topological polar surface area (TPSA) is 89.3 Å². The van der Waals surface area contributed by atoms with Crippen molar-refractivity contribution in [3.63, 3.8) is 0 Å². The summed E-state index contributed by atoms with van der Waals surface area (Å²) in [5, 5.41) is 3.02. The number of halogens is 2. The molecule has 1 amide bonds. The molecule has 3 aromatic carbocycles. The predicted octanol–water partition coefficient (Wildman–Crippen LogP) is 4.60. The molecule has 0 atom stereocenters. The number of hydrogen-bond donors (Lipinski definition) is 2. The van der Waals surface area contributed by atoms with Crippen molar-refractivity contribution in [2.24, 2.45) is 0 Å². The molecule has 1 aliphatic rings. The molecule has 0 saturated carbocycles. The minimum absolute atomic E-state index is 0.0418. The van der Waals surface area contributed by atoms with Gasteiger partial charge in [0.1, 0.15) is 0 Å². The fourth-order valence-electron chi connectivity index (χ4n) is 3.18. The molecule has 28 heavy (non-hydrogen) atoms. The highest BCUT2D eigenvalue weighted by atomic mass is 35.5. The zero-order valence-corrected chi connectivity index (χ0v) is 15.8. The molecule has 0 bridgehead atoms. The normalized spacial score (nSPS) is 12.4. The van der Waals surface area contributed by atoms with Crippen molar-refractivity contribution in [3.8, 4) is 0 Å². The number of nitrogen functional groups attached to an aromatic ring is 1. The summed E-state index contributed by atoms with van der Waals surface area (Å²) >= 11 is 12.0. The smallest absolute Gasteiger partial charge is 0.255 e. The first-order valence-electron chi connectivity index (χ1n) is 8.26. The van der Waals surface area contributed by atoms with E-state index in [1.165, 1.54) is 24.3 Å². The third-order valence-electron chi connectivity index (χ3n) is 4.53. The van der Waals surface area contributed by atoms with Crippen molar-refractivity contribution in [1.29, 1.82) is 0 Å². The molecular formula is C21H12Cl2N2O3. The number of nitrogens with two attached hydrogens (primary N) is 1. The van der Waals surface area contributed by atoms with Gasteiger partial charge in [-0.25, -0.2) is 0 Å². The monoisotopic (exact) mass is 410 g/mol. The van der Waals surface area contributed by atoms with Gasteiger partial charge >= 0.3 is 0 Å². The number of rotatable bonds is 2. The van der Waals surface area contributed by atoms with Crippen molar-refractivity contribution in [3.05, 3.63) is 92.5 Å². The average molecular weight is 411 g/mol. The maximum absolute atomic E-state index is 13.1. The fraction of sp³-hybridized carbons (Fsp3) is 0. The zero-order valence-electron chi connectivity index (χ0n) is 14.3. The Hall–Kier alpha value is -3.15. The van der Waals surface area contributed by atoms with E-state index in [1.54, 1.807) is 30.3 Å². The maximum Gasteiger partial charge on any atom is 0.255 e. The standard InChI is InChI=1S/C21H12Cl2N2O3/c22-13-8-11-12(9-14(13)23)20(27)18-16(7-6-15(24)17(18)19(11)26)25-21(28)10-4-2-1-3-5-10/h1-9H,24H2,(H,25,28). The molecule has 0 aliphatic heterocycles. The van der Waals surface area contributed by atoms with Gasteiger partial charge < -0.3 is 11.1 Å². The van der Waals surface area contributed by atoms with Crippen LogP contribution in [0.5, 0.6) is 0 Å². The maximum atomic E-state index is 13.1. The Bertz CT molecular complexity index is 1170. The van der Waals surface area contributed by atoms with E-state index in [1.807, 2.05) is 0 Å². The number of ketones is 2. The summed E-state index contributed by atoms with van der Waals surface area (Å²) in [6.07, 6.45) is 0. The van der Waals surface area contributed by atoms with Crippen molar-refractivity contribution in [2.75, 3.05) is 11.1 Å². The lowest BCUT2D eigenvalue weighted by atomic mass is 9.82. The van der Waals surface area contributed by atoms with Gasteiger partial charge in [-0.15, -0.1) is 0 Å². The number of benzene rings is 3. The summed E-state index contributed by atoms with van der Waals surface area (Å²) in [6, 6.07) is 14.2. The third kappa shape index (κ3) is 2.85. The first kappa shape index (κ1) is 18.2. The SMILES string of the molecule is Nc1ccc(NC(=O)c2ccccc2)c2c1C(=O)c1cc(Cl)c(Cl)cc1C2=O. The van der Waals surface area contributed by atoms with Gasteiger partial charge in [0.15, 0.2) is 11.6 Å². The molecule has 0 spiro atoms. The molecule has 5 nitrogen and oxygen atoms in total. The van der Waals surface area contributed by atoms with E-state index in [-0.39, 0.29) is 43.7 Å². The highest BCUT2D eigenvalue weighted by Gasteiger charge is 2.34. The Balaban J connectivity index is 1.86. The Kier molecular flexibility index (Phi) is 4.41. The molecule has 0 saturated heterocycles. The van der Waals surface area contributed by atoms with Gasteiger partial charge in [0, 0.05) is 22.4 Å². The van der Waals surface area contributed by atoms with Crippen molar-refractivity contribution < 1.29 is 14.4 Å². The van der Waals surface area contributed by atoms with E-state index in [0.717, 1.165) is 0 Å². The number of nitrogens with one attached hydrogen (secondary N) is 1. The number of carbonyl (C=O) groups excluding carboxylic acids is 3. The molecule has 3 aromatic rings. The number of fused-ring (bicyclic) bond motifs is 2. The first-order valence-corrected chi connectivity index (χ1v) is 9.01. The average Bonchev–Trinajstić information content (AvgIpc) is 2.69. The van der Waals surface area contributed by atoms with Gasteiger partial charge in [-0.3, -0.25) is 14.4 Å². The van der Waals surface area contributed by atoms with E-state index in [2.05, 4.69) is 5.32 Å².